The van der Waals surface area contributed by atoms with Crippen LogP contribution in [0.4, 0.5) is 0 Å². The fourth-order valence-corrected chi connectivity index (χ4v) is 4.18. The molecule has 3 rings (SSSR count). The van der Waals surface area contributed by atoms with E-state index < -0.39 is 11.9 Å². The molecule has 2 atom stereocenters. The number of carbonyl (C=O) groups is 2. The van der Waals surface area contributed by atoms with Gasteiger partial charge in [0.05, 0.1) is 14.2 Å². The molecule has 124 valence electrons. The monoisotopic (exact) mass is 317 g/mol. The summed E-state index contributed by atoms with van der Waals surface area (Å²) >= 11 is 0. The first-order valence-corrected chi connectivity index (χ1v) is 8.15. The molecule has 1 saturated carbocycles. The van der Waals surface area contributed by atoms with Crippen molar-refractivity contribution >= 4 is 11.9 Å². The Morgan fingerprint density at radius 2 is 1.78 bits per heavy atom. The molecule has 1 aromatic carbocycles. The molecule has 1 aromatic rings. The van der Waals surface area contributed by atoms with Crippen molar-refractivity contribution in [1.29, 1.82) is 0 Å². The minimum absolute atomic E-state index is 0.186. The zero-order valence-corrected chi connectivity index (χ0v) is 13.6. The number of ether oxygens (including phenoxy) is 2. The summed E-state index contributed by atoms with van der Waals surface area (Å²) < 4.78 is 10.1. The number of hydrogen-bond donors (Lipinski definition) is 1. The van der Waals surface area contributed by atoms with Gasteiger partial charge in [0.2, 0.25) is 5.91 Å². The van der Waals surface area contributed by atoms with Crippen molar-refractivity contribution in [2.45, 2.75) is 43.6 Å². The summed E-state index contributed by atoms with van der Waals surface area (Å²) in [6.45, 7) is 0. The predicted molar refractivity (Wildman–Crippen MR) is 85.2 cm³/mol. The van der Waals surface area contributed by atoms with Crippen LogP contribution in [0.15, 0.2) is 24.3 Å². The quantitative estimate of drug-likeness (QED) is 0.687. The minimum atomic E-state index is -0.772. The fraction of sp³-hybridized carbons (Fsp3) is 0.556. The molecule has 0 unspecified atom stereocenters. The van der Waals surface area contributed by atoms with E-state index in [0.29, 0.717) is 0 Å². The van der Waals surface area contributed by atoms with E-state index >= 15 is 0 Å². The van der Waals surface area contributed by atoms with E-state index in [1.807, 2.05) is 24.3 Å². The van der Waals surface area contributed by atoms with Gasteiger partial charge in [-0.3, -0.25) is 9.59 Å². The SMILES string of the molecule is COC(=O)[C@@H]1C(=O)NC2(CCCCC2)[C@H]1c1ccc(OC)cc1. The topological polar surface area (TPSA) is 64.6 Å². The molecule has 5 nitrogen and oxygen atoms in total. The molecule has 1 aliphatic carbocycles. The molecule has 5 heteroatoms. The van der Waals surface area contributed by atoms with Gasteiger partial charge in [-0.1, -0.05) is 31.4 Å². The van der Waals surface area contributed by atoms with Gasteiger partial charge in [0, 0.05) is 11.5 Å². The van der Waals surface area contributed by atoms with Gasteiger partial charge in [0.15, 0.2) is 0 Å². The third kappa shape index (κ3) is 2.69. The van der Waals surface area contributed by atoms with E-state index in [9.17, 15) is 9.59 Å². The van der Waals surface area contributed by atoms with Gasteiger partial charge in [-0.15, -0.1) is 0 Å². The second-order valence-corrected chi connectivity index (χ2v) is 6.46. The van der Waals surface area contributed by atoms with Crippen LogP contribution in [0.2, 0.25) is 0 Å². The van der Waals surface area contributed by atoms with Crippen LogP contribution < -0.4 is 10.1 Å². The first-order valence-electron chi connectivity index (χ1n) is 8.15. The van der Waals surface area contributed by atoms with Crippen LogP contribution in [0, 0.1) is 5.92 Å². The Hall–Kier alpha value is -2.04. The van der Waals surface area contributed by atoms with Crippen LogP contribution in [-0.2, 0) is 14.3 Å². The Morgan fingerprint density at radius 3 is 2.35 bits per heavy atom. The number of benzene rings is 1. The van der Waals surface area contributed by atoms with Crippen LogP contribution in [-0.4, -0.2) is 31.6 Å². The molecule has 1 amide bonds. The summed E-state index contributed by atoms with van der Waals surface area (Å²) in [6.07, 6.45) is 5.13. The number of amides is 1. The van der Waals surface area contributed by atoms with Crippen LogP contribution >= 0.6 is 0 Å². The maximum atomic E-state index is 12.5. The number of rotatable bonds is 3. The van der Waals surface area contributed by atoms with Gasteiger partial charge < -0.3 is 14.8 Å². The van der Waals surface area contributed by atoms with Crippen molar-refractivity contribution in [3.05, 3.63) is 29.8 Å². The highest BCUT2D eigenvalue weighted by molar-refractivity contribution is 6.01. The second kappa shape index (κ2) is 6.22. The average molecular weight is 317 g/mol. The molecule has 1 saturated heterocycles. The Balaban J connectivity index is 2.03. The van der Waals surface area contributed by atoms with Gasteiger partial charge in [-0.2, -0.15) is 0 Å². The van der Waals surface area contributed by atoms with Crippen LogP contribution in [0.5, 0.6) is 5.75 Å². The predicted octanol–water partition coefficient (Wildman–Crippen LogP) is 2.40. The number of methoxy groups -OCH3 is 2. The summed E-state index contributed by atoms with van der Waals surface area (Å²) in [5, 5.41) is 3.14. The largest absolute Gasteiger partial charge is 0.497 e. The lowest BCUT2D eigenvalue weighted by molar-refractivity contribution is -0.149. The highest BCUT2D eigenvalue weighted by Gasteiger charge is 2.56. The molecule has 0 bridgehead atoms. The van der Waals surface area contributed by atoms with Crippen LogP contribution in [0.3, 0.4) is 0 Å². The molecule has 23 heavy (non-hydrogen) atoms. The lowest BCUT2D eigenvalue weighted by atomic mass is 9.68. The molecule has 0 aromatic heterocycles. The zero-order chi connectivity index (χ0) is 16.4. The smallest absolute Gasteiger partial charge is 0.318 e. The van der Waals surface area contributed by atoms with Crippen molar-refractivity contribution in [2.75, 3.05) is 14.2 Å². The normalized spacial score (nSPS) is 25.9. The van der Waals surface area contributed by atoms with Crippen molar-refractivity contribution < 1.29 is 19.1 Å². The molecule has 2 fully saturated rings. The number of carbonyl (C=O) groups excluding carboxylic acids is 2. The standard InChI is InChI=1S/C18H23NO4/c1-22-13-8-6-12(7-9-13)15-14(17(21)23-2)16(20)19-18(15)10-4-3-5-11-18/h6-9,14-15H,3-5,10-11H2,1-2H3,(H,19,20)/t14-,15-/m0/s1. The fourth-order valence-electron chi connectivity index (χ4n) is 4.18. The average Bonchev–Trinajstić information content (AvgIpc) is 2.86. The van der Waals surface area contributed by atoms with Gasteiger partial charge in [0.25, 0.3) is 0 Å². The second-order valence-electron chi connectivity index (χ2n) is 6.46. The molecule has 1 heterocycles. The molecular formula is C18H23NO4. The third-order valence-electron chi connectivity index (χ3n) is 5.26. The number of esters is 1. The zero-order valence-electron chi connectivity index (χ0n) is 13.6. The lowest BCUT2D eigenvalue weighted by Crippen LogP contribution is -2.46. The van der Waals surface area contributed by atoms with E-state index in [4.69, 9.17) is 9.47 Å². The molecular weight excluding hydrogens is 294 g/mol. The molecule has 1 spiro atoms. The maximum absolute atomic E-state index is 12.5. The highest BCUT2D eigenvalue weighted by atomic mass is 16.5. The first-order chi connectivity index (χ1) is 11.1. The van der Waals surface area contributed by atoms with E-state index in [1.54, 1.807) is 7.11 Å². The Labute approximate surface area is 136 Å². The van der Waals surface area contributed by atoms with Gasteiger partial charge >= 0.3 is 5.97 Å². The van der Waals surface area contributed by atoms with E-state index in [2.05, 4.69) is 5.32 Å². The Morgan fingerprint density at radius 1 is 1.13 bits per heavy atom. The number of nitrogens with one attached hydrogen (secondary N) is 1. The summed E-state index contributed by atoms with van der Waals surface area (Å²) in [5.41, 5.74) is 0.657. The number of hydrogen-bond acceptors (Lipinski definition) is 4. The van der Waals surface area contributed by atoms with E-state index in [0.717, 1.165) is 37.0 Å². The highest BCUT2D eigenvalue weighted by Crippen LogP contribution is 2.48. The lowest BCUT2D eigenvalue weighted by Gasteiger charge is -2.39. The third-order valence-corrected chi connectivity index (χ3v) is 5.26. The first kappa shape index (κ1) is 15.8. The summed E-state index contributed by atoms with van der Waals surface area (Å²) in [7, 11) is 2.96. The van der Waals surface area contributed by atoms with Crippen LogP contribution in [0.25, 0.3) is 0 Å². The van der Waals surface area contributed by atoms with Gasteiger partial charge in [-0.05, 0) is 30.5 Å². The van der Waals surface area contributed by atoms with Crippen molar-refractivity contribution in [3.63, 3.8) is 0 Å². The van der Waals surface area contributed by atoms with Crippen molar-refractivity contribution in [1.82, 2.24) is 5.32 Å². The van der Waals surface area contributed by atoms with Crippen molar-refractivity contribution in [3.8, 4) is 5.75 Å². The summed E-state index contributed by atoms with van der Waals surface area (Å²) in [4.78, 5) is 24.8. The van der Waals surface area contributed by atoms with Gasteiger partial charge in [0.1, 0.15) is 11.7 Å². The molecule has 1 N–H and O–H groups in total. The Kier molecular flexibility index (Phi) is 4.28. The minimum Gasteiger partial charge on any atom is -0.497 e. The van der Waals surface area contributed by atoms with E-state index in [-0.39, 0.29) is 17.4 Å². The van der Waals surface area contributed by atoms with Crippen molar-refractivity contribution in [2.24, 2.45) is 5.92 Å². The van der Waals surface area contributed by atoms with Gasteiger partial charge in [-0.25, -0.2) is 0 Å². The van der Waals surface area contributed by atoms with E-state index in [1.165, 1.54) is 13.5 Å². The molecule has 1 aliphatic heterocycles. The molecule has 0 radical (unpaired) electrons. The summed E-state index contributed by atoms with van der Waals surface area (Å²) in [6, 6.07) is 7.66. The Bertz CT molecular complexity index is 590. The maximum Gasteiger partial charge on any atom is 0.318 e. The molecule has 2 aliphatic rings. The van der Waals surface area contributed by atoms with Crippen LogP contribution in [0.1, 0.15) is 43.6 Å². The summed E-state index contributed by atoms with van der Waals surface area (Å²) in [5.74, 6) is -0.858.